The van der Waals surface area contributed by atoms with E-state index in [4.69, 9.17) is 5.10 Å². The number of carbonyl (C=O) groups is 3. The fraction of sp³-hybridized carbons (Fsp3) is 0.200. The molecular weight excluding hydrogens is 483 g/mol. The summed E-state index contributed by atoms with van der Waals surface area (Å²) in [6.45, 7) is 4.94. The molecule has 7 nitrogen and oxygen atoms in total. The monoisotopic (exact) mass is 510 g/mol. The maximum atomic E-state index is 14.1. The van der Waals surface area contributed by atoms with E-state index in [1.165, 1.54) is 24.0 Å². The smallest absolute Gasteiger partial charge is 0.252 e. The molecule has 2 amide bonds. The number of halogens is 1. The average molecular weight is 511 g/mol. The molecule has 2 heterocycles. The number of hydrogen-bond donors (Lipinski definition) is 1. The molecule has 1 unspecified atom stereocenters. The van der Waals surface area contributed by atoms with Gasteiger partial charge in [-0.15, -0.1) is 0 Å². The van der Waals surface area contributed by atoms with Crippen molar-refractivity contribution in [3.05, 3.63) is 113 Å². The SMILES string of the molecule is CC(=O)CN1C(=O)C(NC(=O)c2cccc(C)c2)[C@@H](c2ccc(F)cc2)c2c(C)nn(-c3ccccc3)c21. The summed E-state index contributed by atoms with van der Waals surface area (Å²) in [5.41, 5.74) is 4.01. The maximum absolute atomic E-state index is 14.1. The number of benzene rings is 3. The zero-order chi connectivity index (χ0) is 27.0. The minimum atomic E-state index is -1.05. The van der Waals surface area contributed by atoms with Crippen LogP contribution in [-0.2, 0) is 9.59 Å². The molecule has 0 bridgehead atoms. The number of hydrogen-bond acceptors (Lipinski definition) is 4. The van der Waals surface area contributed by atoms with Gasteiger partial charge in [-0.25, -0.2) is 9.07 Å². The predicted octanol–water partition coefficient (Wildman–Crippen LogP) is 4.49. The van der Waals surface area contributed by atoms with Gasteiger partial charge in [-0.05, 0) is 62.7 Å². The van der Waals surface area contributed by atoms with Gasteiger partial charge in [-0.2, -0.15) is 5.10 Å². The second kappa shape index (κ2) is 10.0. The number of aryl methyl sites for hydroxylation is 2. The van der Waals surface area contributed by atoms with Crippen molar-refractivity contribution in [2.45, 2.75) is 32.7 Å². The van der Waals surface area contributed by atoms with Gasteiger partial charge in [0.05, 0.1) is 17.9 Å². The number of fused-ring (bicyclic) bond motifs is 1. The number of nitrogens with zero attached hydrogens (tertiary/aromatic N) is 3. The third-order valence-electron chi connectivity index (χ3n) is 6.69. The summed E-state index contributed by atoms with van der Waals surface area (Å²) < 4.78 is 15.6. The largest absolute Gasteiger partial charge is 0.339 e. The summed E-state index contributed by atoms with van der Waals surface area (Å²) in [6, 6.07) is 21.3. The first-order valence-electron chi connectivity index (χ1n) is 12.3. The summed E-state index contributed by atoms with van der Waals surface area (Å²) in [7, 11) is 0. The molecule has 8 heteroatoms. The van der Waals surface area contributed by atoms with E-state index in [1.54, 1.807) is 35.0 Å². The molecule has 0 aliphatic carbocycles. The Bertz CT molecular complexity index is 1530. The lowest BCUT2D eigenvalue weighted by Crippen LogP contribution is -2.56. The molecule has 1 aliphatic heterocycles. The zero-order valence-electron chi connectivity index (χ0n) is 21.3. The molecule has 0 saturated heterocycles. The minimum Gasteiger partial charge on any atom is -0.339 e. The van der Waals surface area contributed by atoms with Crippen molar-refractivity contribution in [1.29, 1.82) is 0 Å². The van der Waals surface area contributed by atoms with E-state index in [9.17, 15) is 18.8 Å². The van der Waals surface area contributed by atoms with Crippen LogP contribution in [-0.4, -0.2) is 40.0 Å². The second-order valence-corrected chi connectivity index (χ2v) is 9.55. The van der Waals surface area contributed by atoms with Crippen LogP contribution in [0.15, 0.2) is 78.9 Å². The quantitative estimate of drug-likeness (QED) is 0.414. The Morgan fingerprint density at radius 2 is 1.68 bits per heavy atom. The van der Waals surface area contributed by atoms with E-state index in [0.717, 1.165) is 11.3 Å². The van der Waals surface area contributed by atoms with Crippen LogP contribution < -0.4 is 10.2 Å². The van der Waals surface area contributed by atoms with Crippen LogP contribution in [0.2, 0.25) is 0 Å². The number of aromatic nitrogens is 2. The first-order chi connectivity index (χ1) is 18.2. The fourth-order valence-corrected chi connectivity index (χ4v) is 5.04. The molecule has 5 rings (SSSR count). The van der Waals surface area contributed by atoms with Crippen molar-refractivity contribution in [2.75, 3.05) is 11.4 Å². The molecule has 1 aromatic heterocycles. The first-order valence-corrected chi connectivity index (χ1v) is 12.3. The lowest BCUT2D eigenvalue weighted by molar-refractivity contribution is -0.123. The molecule has 0 spiro atoms. The summed E-state index contributed by atoms with van der Waals surface area (Å²) in [5.74, 6) is -1.69. The predicted molar refractivity (Wildman–Crippen MR) is 142 cm³/mol. The maximum Gasteiger partial charge on any atom is 0.252 e. The molecule has 38 heavy (non-hydrogen) atoms. The lowest BCUT2D eigenvalue weighted by atomic mass is 9.81. The molecule has 2 atom stereocenters. The zero-order valence-corrected chi connectivity index (χ0v) is 21.3. The topological polar surface area (TPSA) is 84.3 Å². The Morgan fingerprint density at radius 1 is 0.974 bits per heavy atom. The van der Waals surface area contributed by atoms with Gasteiger partial charge in [0.1, 0.15) is 23.5 Å². The Labute approximate surface area is 219 Å². The van der Waals surface area contributed by atoms with E-state index in [2.05, 4.69) is 5.32 Å². The molecular formula is C30H27FN4O3. The van der Waals surface area contributed by atoms with Crippen LogP contribution in [0.4, 0.5) is 10.2 Å². The fourth-order valence-electron chi connectivity index (χ4n) is 5.04. The molecule has 192 valence electrons. The van der Waals surface area contributed by atoms with Crippen LogP contribution in [0.3, 0.4) is 0 Å². The Morgan fingerprint density at radius 3 is 2.34 bits per heavy atom. The van der Waals surface area contributed by atoms with Crippen LogP contribution in [0.5, 0.6) is 0 Å². The number of nitrogens with one attached hydrogen (secondary N) is 1. The average Bonchev–Trinajstić information content (AvgIpc) is 3.24. The van der Waals surface area contributed by atoms with Gasteiger partial charge in [0, 0.05) is 17.0 Å². The second-order valence-electron chi connectivity index (χ2n) is 9.55. The molecule has 4 aromatic rings. The van der Waals surface area contributed by atoms with Gasteiger partial charge in [-0.3, -0.25) is 19.3 Å². The summed E-state index contributed by atoms with van der Waals surface area (Å²) in [4.78, 5) is 41.3. The Hall–Kier alpha value is -4.59. The third-order valence-corrected chi connectivity index (χ3v) is 6.69. The van der Waals surface area contributed by atoms with Gasteiger partial charge in [0.2, 0.25) is 0 Å². The normalized spacial score (nSPS) is 16.7. The van der Waals surface area contributed by atoms with Crippen molar-refractivity contribution >= 4 is 23.4 Å². The number of Topliss-reactive ketones (excluding diaryl/α,β-unsaturated/α-hetero) is 1. The van der Waals surface area contributed by atoms with Gasteiger partial charge >= 0.3 is 0 Å². The number of ketones is 1. The van der Waals surface area contributed by atoms with Crippen LogP contribution in [0.1, 0.15) is 45.6 Å². The van der Waals surface area contributed by atoms with Gasteiger partial charge < -0.3 is 5.32 Å². The highest BCUT2D eigenvalue weighted by Gasteiger charge is 2.46. The van der Waals surface area contributed by atoms with Crippen molar-refractivity contribution in [3.63, 3.8) is 0 Å². The van der Waals surface area contributed by atoms with E-state index in [0.29, 0.717) is 28.2 Å². The van der Waals surface area contributed by atoms with Gasteiger partial charge in [-0.1, -0.05) is 48.0 Å². The molecule has 0 saturated carbocycles. The molecule has 1 aliphatic rings. The third kappa shape index (κ3) is 4.61. The first kappa shape index (κ1) is 25.1. The van der Waals surface area contributed by atoms with Crippen molar-refractivity contribution in [1.82, 2.24) is 15.1 Å². The lowest BCUT2D eigenvalue weighted by Gasteiger charge is -2.38. The molecule has 0 fully saturated rings. The number of rotatable bonds is 6. The van der Waals surface area contributed by atoms with Gasteiger partial charge in [0.25, 0.3) is 11.8 Å². The standard InChI is InChI=1S/C30H27FN4O3/c1-18-8-7-9-22(16-18)28(37)32-27-26(21-12-14-23(31)15-13-21)25-20(3)33-35(24-10-5-4-6-11-24)29(25)34(30(27)38)17-19(2)36/h4-16,26-27H,17H2,1-3H3,(H,32,37)/t26-,27?/m0/s1. The highest BCUT2D eigenvalue weighted by atomic mass is 19.1. The van der Waals surface area contributed by atoms with E-state index < -0.39 is 29.6 Å². The number of amides is 2. The van der Waals surface area contributed by atoms with Gasteiger partial charge in [0.15, 0.2) is 0 Å². The summed E-state index contributed by atoms with van der Waals surface area (Å²) in [5, 5.41) is 7.68. The minimum absolute atomic E-state index is 0.184. The summed E-state index contributed by atoms with van der Waals surface area (Å²) >= 11 is 0. The number of carbonyl (C=O) groups excluding carboxylic acids is 3. The highest BCUT2D eigenvalue weighted by molar-refractivity contribution is 6.07. The van der Waals surface area contributed by atoms with Crippen LogP contribution in [0, 0.1) is 19.7 Å². The highest BCUT2D eigenvalue weighted by Crippen LogP contribution is 2.43. The van der Waals surface area contributed by atoms with E-state index in [-0.39, 0.29) is 12.3 Å². The van der Waals surface area contributed by atoms with Crippen molar-refractivity contribution in [2.24, 2.45) is 0 Å². The van der Waals surface area contributed by atoms with Crippen molar-refractivity contribution < 1.29 is 18.8 Å². The van der Waals surface area contributed by atoms with E-state index in [1.807, 2.05) is 50.2 Å². The molecule has 0 radical (unpaired) electrons. The Kier molecular flexibility index (Phi) is 6.63. The molecule has 3 aromatic carbocycles. The van der Waals surface area contributed by atoms with E-state index >= 15 is 0 Å². The number of para-hydroxylation sites is 1. The van der Waals surface area contributed by atoms with Crippen LogP contribution in [0.25, 0.3) is 5.69 Å². The Balaban J connectivity index is 1.71. The van der Waals surface area contributed by atoms with Crippen molar-refractivity contribution in [3.8, 4) is 5.69 Å². The molecule has 1 N–H and O–H groups in total. The van der Waals surface area contributed by atoms with Crippen LogP contribution >= 0.6 is 0 Å². The number of anilines is 1. The summed E-state index contributed by atoms with van der Waals surface area (Å²) in [6.07, 6.45) is 0.